The number of hydrogen-bond donors (Lipinski definition) is 1. The Labute approximate surface area is 123 Å². The maximum atomic E-state index is 9.63. The maximum Gasteiger partial charge on any atom is 0.0761 e. The molecule has 0 aliphatic heterocycles. The van der Waals surface area contributed by atoms with Gasteiger partial charge in [0.2, 0.25) is 0 Å². The predicted molar refractivity (Wildman–Crippen MR) is 86.1 cm³/mol. The lowest BCUT2D eigenvalue weighted by molar-refractivity contribution is 0.199. The first-order valence-corrected chi connectivity index (χ1v) is 8.12. The third kappa shape index (κ3) is 3.99. The molecule has 2 rings (SSSR count). The summed E-state index contributed by atoms with van der Waals surface area (Å²) in [6.45, 7) is 7.56. The summed E-state index contributed by atoms with van der Waals surface area (Å²) in [6, 6.07) is 9.21. The van der Waals surface area contributed by atoms with Crippen molar-refractivity contribution in [1.82, 2.24) is 0 Å². The van der Waals surface area contributed by atoms with Crippen molar-refractivity contribution in [3.8, 4) is 0 Å². The number of rotatable bonds is 6. The third-order valence-electron chi connectivity index (χ3n) is 4.42. The largest absolute Gasteiger partial charge is 0.389 e. The fourth-order valence-corrected chi connectivity index (χ4v) is 3.08. The van der Waals surface area contributed by atoms with E-state index in [-0.39, 0.29) is 6.10 Å². The van der Waals surface area contributed by atoms with Gasteiger partial charge in [-0.25, -0.2) is 0 Å². The summed E-state index contributed by atoms with van der Waals surface area (Å²) >= 11 is 0. The molecule has 0 radical (unpaired) electrons. The van der Waals surface area contributed by atoms with Crippen molar-refractivity contribution in [2.24, 2.45) is 5.92 Å². The molecule has 2 nitrogen and oxygen atoms in total. The standard InChI is InChI=1S/C18H29NO/c1-14(2)12-13-19(17-6-4-5-7-17)18-10-8-16(9-11-18)15(3)20/h8-11,14-15,17,20H,4-7,12-13H2,1-3H3/t15-/m0/s1. The Hall–Kier alpha value is -1.02. The molecule has 2 heteroatoms. The van der Waals surface area contributed by atoms with Crippen LogP contribution in [0.25, 0.3) is 0 Å². The molecule has 1 atom stereocenters. The van der Waals surface area contributed by atoms with Gasteiger partial charge in [0, 0.05) is 18.3 Å². The molecular weight excluding hydrogens is 246 g/mol. The number of anilines is 1. The van der Waals surface area contributed by atoms with E-state index >= 15 is 0 Å². The predicted octanol–water partition coefficient (Wildman–Crippen LogP) is 4.54. The van der Waals surface area contributed by atoms with Crippen molar-refractivity contribution in [2.75, 3.05) is 11.4 Å². The summed E-state index contributed by atoms with van der Waals surface area (Å²) in [6.07, 6.45) is 6.27. The zero-order valence-electron chi connectivity index (χ0n) is 13.2. The Bertz CT molecular complexity index is 390. The summed E-state index contributed by atoms with van der Waals surface area (Å²) in [4.78, 5) is 2.60. The highest BCUT2D eigenvalue weighted by Crippen LogP contribution is 2.29. The smallest absolute Gasteiger partial charge is 0.0761 e. The van der Waals surface area contributed by atoms with Crippen LogP contribution >= 0.6 is 0 Å². The summed E-state index contributed by atoms with van der Waals surface area (Å²) in [5, 5.41) is 9.63. The van der Waals surface area contributed by atoms with Gasteiger partial charge in [-0.2, -0.15) is 0 Å². The van der Waals surface area contributed by atoms with Crippen LogP contribution in [0.15, 0.2) is 24.3 Å². The van der Waals surface area contributed by atoms with Gasteiger partial charge in [0.15, 0.2) is 0 Å². The number of nitrogens with zero attached hydrogens (tertiary/aromatic N) is 1. The van der Waals surface area contributed by atoms with E-state index in [1.165, 1.54) is 37.8 Å². The van der Waals surface area contributed by atoms with Gasteiger partial charge in [-0.1, -0.05) is 38.8 Å². The van der Waals surface area contributed by atoms with Crippen molar-refractivity contribution in [3.63, 3.8) is 0 Å². The Morgan fingerprint density at radius 1 is 1.10 bits per heavy atom. The molecule has 112 valence electrons. The lowest BCUT2D eigenvalue weighted by Gasteiger charge is -2.32. The Balaban J connectivity index is 2.11. The molecule has 0 amide bonds. The number of hydrogen-bond acceptors (Lipinski definition) is 2. The van der Waals surface area contributed by atoms with Gasteiger partial charge >= 0.3 is 0 Å². The molecule has 1 fully saturated rings. The molecule has 1 aliphatic rings. The molecule has 0 aromatic heterocycles. The zero-order chi connectivity index (χ0) is 14.5. The van der Waals surface area contributed by atoms with Gasteiger partial charge in [-0.05, 0) is 49.8 Å². The van der Waals surface area contributed by atoms with E-state index in [4.69, 9.17) is 0 Å². The maximum absolute atomic E-state index is 9.63. The minimum absolute atomic E-state index is 0.375. The normalized spacial score (nSPS) is 17.6. The highest BCUT2D eigenvalue weighted by molar-refractivity contribution is 5.49. The summed E-state index contributed by atoms with van der Waals surface area (Å²) in [7, 11) is 0. The van der Waals surface area contributed by atoms with Crippen LogP contribution in [0.4, 0.5) is 5.69 Å². The van der Waals surface area contributed by atoms with Crippen LogP contribution < -0.4 is 4.90 Å². The van der Waals surface area contributed by atoms with Crippen LogP contribution in [0.5, 0.6) is 0 Å². The van der Waals surface area contributed by atoms with Gasteiger partial charge < -0.3 is 10.0 Å². The molecule has 1 aromatic carbocycles. The van der Waals surface area contributed by atoms with Crippen LogP contribution in [0.2, 0.25) is 0 Å². The SMILES string of the molecule is CC(C)CCN(c1ccc([C@H](C)O)cc1)C1CCCC1. The molecular formula is C18H29NO. The van der Waals surface area contributed by atoms with E-state index < -0.39 is 0 Å². The lowest BCUT2D eigenvalue weighted by Crippen LogP contribution is -2.34. The van der Waals surface area contributed by atoms with Gasteiger partial charge in [-0.3, -0.25) is 0 Å². The van der Waals surface area contributed by atoms with Gasteiger partial charge in [0.05, 0.1) is 6.10 Å². The monoisotopic (exact) mass is 275 g/mol. The van der Waals surface area contributed by atoms with Crippen molar-refractivity contribution in [2.45, 2.75) is 65.0 Å². The van der Waals surface area contributed by atoms with Crippen LogP contribution in [-0.2, 0) is 0 Å². The van der Waals surface area contributed by atoms with Crippen molar-refractivity contribution in [3.05, 3.63) is 29.8 Å². The van der Waals surface area contributed by atoms with Crippen LogP contribution in [0.1, 0.15) is 64.5 Å². The average Bonchev–Trinajstić information content (AvgIpc) is 2.93. The van der Waals surface area contributed by atoms with Crippen molar-refractivity contribution >= 4 is 5.69 Å². The number of aliphatic hydroxyl groups is 1. The van der Waals surface area contributed by atoms with Crippen LogP contribution in [-0.4, -0.2) is 17.7 Å². The summed E-state index contributed by atoms with van der Waals surface area (Å²) in [5.74, 6) is 0.746. The van der Waals surface area contributed by atoms with Crippen LogP contribution in [0, 0.1) is 5.92 Å². The molecule has 0 bridgehead atoms. The van der Waals surface area contributed by atoms with E-state index in [0.717, 1.165) is 18.0 Å². The first kappa shape index (κ1) is 15.4. The summed E-state index contributed by atoms with van der Waals surface area (Å²) in [5.41, 5.74) is 2.32. The highest BCUT2D eigenvalue weighted by atomic mass is 16.3. The summed E-state index contributed by atoms with van der Waals surface area (Å²) < 4.78 is 0. The quantitative estimate of drug-likeness (QED) is 0.824. The minimum atomic E-state index is -0.375. The molecule has 1 aromatic rings. The number of benzene rings is 1. The van der Waals surface area contributed by atoms with Crippen LogP contribution in [0.3, 0.4) is 0 Å². The van der Waals surface area contributed by atoms with Gasteiger partial charge in [-0.15, -0.1) is 0 Å². The molecule has 0 spiro atoms. The van der Waals surface area contributed by atoms with E-state index in [2.05, 4.69) is 43.0 Å². The van der Waals surface area contributed by atoms with E-state index in [0.29, 0.717) is 6.04 Å². The molecule has 0 unspecified atom stereocenters. The molecule has 1 aliphatic carbocycles. The molecule has 20 heavy (non-hydrogen) atoms. The first-order valence-electron chi connectivity index (χ1n) is 8.12. The average molecular weight is 275 g/mol. The Kier molecular flexibility index (Phi) is 5.47. The molecule has 1 N–H and O–H groups in total. The van der Waals surface area contributed by atoms with E-state index in [1.807, 2.05) is 6.92 Å². The minimum Gasteiger partial charge on any atom is -0.389 e. The zero-order valence-corrected chi connectivity index (χ0v) is 13.2. The second-order valence-electron chi connectivity index (χ2n) is 6.58. The Morgan fingerprint density at radius 2 is 1.70 bits per heavy atom. The second kappa shape index (κ2) is 7.12. The second-order valence-corrected chi connectivity index (χ2v) is 6.58. The highest BCUT2D eigenvalue weighted by Gasteiger charge is 2.22. The van der Waals surface area contributed by atoms with Crippen molar-refractivity contribution in [1.29, 1.82) is 0 Å². The third-order valence-corrected chi connectivity index (χ3v) is 4.42. The van der Waals surface area contributed by atoms with Gasteiger partial charge in [0.1, 0.15) is 0 Å². The molecule has 1 saturated carbocycles. The van der Waals surface area contributed by atoms with E-state index in [9.17, 15) is 5.11 Å². The number of aliphatic hydroxyl groups excluding tert-OH is 1. The van der Waals surface area contributed by atoms with E-state index in [1.54, 1.807) is 0 Å². The Morgan fingerprint density at radius 3 is 2.20 bits per heavy atom. The lowest BCUT2D eigenvalue weighted by atomic mass is 10.1. The fourth-order valence-electron chi connectivity index (χ4n) is 3.08. The molecule has 0 saturated heterocycles. The topological polar surface area (TPSA) is 23.5 Å². The van der Waals surface area contributed by atoms with Crippen molar-refractivity contribution < 1.29 is 5.11 Å². The molecule has 0 heterocycles. The fraction of sp³-hybridized carbons (Fsp3) is 0.667. The first-order chi connectivity index (χ1) is 9.58. The van der Waals surface area contributed by atoms with Gasteiger partial charge in [0.25, 0.3) is 0 Å².